The van der Waals surface area contributed by atoms with Gasteiger partial charge in [-0.3, -0.25) is 9.69 Å². The van der Waals surface area contributed by atoms with Crippen LogP contribution in [0.2, 0.25) is 0 Å². The maximum Gasteiger partial charge on any atom is 0.326 e. The van der Waals surface area contributed by atoms with Crippen LogP contribution in [0.5, 0.6) is 0 Å². The van der Waals surface area contributed by atoms with Gasteiger partial charge in [-0.05, 0) is 120 Å². The van der Waals surface area contributed by atoms with Crippen molar-refractivity contribution in [1.82, 2.24) is 4.90 Å². The lowest BCUT2D eigenvalue weighted by Gasteiger charge is -2.52. The van der Waals surface area contributed by atoms with E-state index in [0.29, 0.717) is 76.3 Å². The summed E-state index contributed by atoms with van der Waals surface area (Å²) in [5.74, 6) is -3.09. The summed E-state index contributed by atoms with van der Waals surface area (Å²) in [7, 11) is 6.22. The highest BCUT2D eigenvalue weighted by Crippen LogP contribution is 2.43. The number of cyclic esters (lactones) is 1. The maximum absolute atomic E-state index is 14.9. The second kappa shape index (κ2) is 26.4. The van der Waals surface area contributed by atoms with Gasteiger partial charge in [0.1, 0.15) is 36.2 Å². The molecule has 4 rings (SSSR count). The SMILES string of the molecule is COC1CC(C[C@@H](C)[C@H]2C[C@H](O)[C@@H](C)/C=C(\C)C(O)[C@@H](OC)[C@@H](O)C(C)C[C@H](C)/C=C/C=C/C=C(\C)[C@@H](OC)C[C@H]3CCC(C)C(OC)(O3)[C@@H](O)[C@H](O)N3CCCC[C@@]3(C)C(=O)O2)CC[C@H]1O. The Kier molecular flexibility index (Phi) is 22.7. The van der Waals surface area contributed by atoms with E-state index < -0.39 is 72.2 Å². The summed E-state index contributed by atoms with van der Waals surface area (Å²) in [5, 5.41) is 70.2. The van der Waals surface area contributed by atoms with Crippen molar-refractivity contribution >= 4 is 5.97 Å². The molecule has 1 saturated carbocycles. The first kappa shape index (κ1) is 57.5. The topological polar surface area (TPSA) is 197 Å². The van der Waals surface area contributed by atoms with Crippen LogP contribution in [0.3, 0.4) is 0 Å². The Balaban J connectivity index is 1.74. The zero-order valence-corrected chi connectivity index (χ0v) is 43.0. The van der Waals surface area contributed by atoms with Crippen molar-refractivity contribution in [3.8, 4) is 0 Å². The molecule has 3 heterocycles. The monoisotopic (exact) mass is 950 g/mol. The molecule has 0 amide bonds. The lowest BCUT2D eigenvalue weighted by molar-refractivity contribution is -0.356. The highest BCUT2D eigenvalue weighted by Gasteiger charge is 2.56. The molecule has 3 fully saturated rings. The van der Waals surface area contributed by atoms with Crippen LogP contribution >= 0.6 is 0 Å². The Labute approximate surface area is 402 Å². The first-order chi connectivity index (χ1) is 31.7. The summed E-state index contributed by atoms with van der Waals surface area (Å²) in [5.41, 5.74) is 0.163. The van der Waals surface area contributed by atoms with Crippen LogP contribution in [-0.2, 0) is 33.2 Å². The van der Waals surface area contributed by atoms with Gasteiger partial charge in [-0.1, -0.05) is 71.1 Å². The molecule has 0 aromatic carbocycles. The number of carbonyl (C=O) groups excluding carboxylic acids is 1. The second-order valence-corrected chi connectivity index (χ2v) is 21.1. The van der Waals surface area contributed by atoms with E-state index in [0.717, 1.165) is 12.0 Å². The van der Waals surface area contributed by atoms with Crippen LogP contribution in [0.1, 0.15) is 132 Å². The Hall–Kier alpha value is -2.05. The molecule has 1 aliphatic carbocycles. The molecular formula is C53H91NO13. The Morgan fingerprint density at radius 2 is 1.54 bits per heavy atom. The third kappa shape index (κ3) is 14.5. The number of aliphatic hydroxyl groups is 6. The molecule has 14 nitrogen and oxygen atoms in total. The summed E-state index contributed by atoms with van der Waals surface area (Å²) in [6.45, 7) is 15.7. The Morgan fingerprint density at radius 1 is 0.821 bits per heavy atom. The van der Waals surface area contributed by atoms with Gasteiger partial charge >= 0.3 is 5.97 Å². The minimum atomic E-state index is -1.59. The Bertz CT molecular complexity index is 1640. The highest BCUT2D eigenvalue weighted by atomic mass is 16.7. The third-order valence-corrected chi connectivity index (χ3v) is 16.1. The van der Waals surface area contributed by atoms with Crippen LogP contribution < -0.4 is 0 Å². The highest BCUT2D eigenvalue weighted by molar-refractivity contribution is 5.80. The van der Waals surface area contributed by atoms with E-state index in [4.69, 9.17) is 28.4 Å². The molecule has 0 spiro atoms. The van der Waals surface area contributed by atoms with Gasteiger partial charge in [-0.15, -0.1) is 0 Å². The summed E-state index contributed by atoms with van der Waals surface area (Å²) in [4.78, 5) is 16.5. The molecule has 6 unspecified atom stereocenters. The number of rotatable bonds is 7. The zero-order valence-electron chi connectivity index (χ0n) is 43.0. The average Bonchev–Trinajstić information content (AvgIpc) is 3.30. The van der Waals surface area contributed by atoms with E-state index in [2.05, 4.69) is 13.0 Å². The van der Waals surface area contributed by atoms with Gasteiger partial charge in [0.2, 0.25) is 5.79 Å². The fraction of sp³-hybridized carbons (Fsp3) is 0.830. The van der Waals surface area contributed by atoms with Crippen molar-refractivity contribution in [2.24, 2.45) is 35.5 Å². The number of fused-ring (bicyclic) bond motifs is 3. The quantitative estimate of drug-likeness (QED) is 0.121. The van der Waals surface area contributed by atoms with E-state index in [-0.39, 0.29) is 54.3 Å². The maximum atomic E-state index is 14.9. The zero-order chi connectivity index (χ0) is 49.8. The van der Waals surface area contributed by atoms with Gasteiger partial charge in [-0.25, -0.2) is 0 Å². The number of allylic oxidation sites excluding steroid dienone is 5. The summed E-state index contributed by atoms with van der Waals surface area (Å²) in [6.07, 6.45) is 9.31. The van der Waals surface area contributed by atoms with E-state index >= 15 is 0 Å². The Morgan fingerprint density at radius 3 is 2.19 bits per heavy atom. The molecule has 386 valence electrons. The minimum Gasteiger partial charge on any atom is -0.461 e. The second-order valence-electron chi connectivity index (χ2n) is 21.1. The number of methoxy groups -OCH3 is 4. The molecule has 2 bridgehead atoms. The van der Waals surface area contributed by atoms with E-state index in [1.165, 1.54) is 14.2 Å². The largest absolute Gasteiger partial charge is 0.461 e. The van der Waals surface area contributed by atoms with E-state index in [9.17, 15) is 35.4 Å². The molecule has 0 aromatic heterocycles. The molecule has 3 aliphatic heterocycles. The van der Waals surface area contributed by atoms with Gasteiger partial charge in [0.05, 0.1) is 36.6 Å². The van der Waals surface area contributed by atoms with Gasteiger partial charge in [0.15, 0.2) is 0 Å². The van der Waals surface area contributed by atoms with Crippen molar-refractivity contribution < 1.29 is 63.9 Å². The number of piperidine rings is 1. The summed E-state index contributed by atoms with van der Waals surface area (Å²) in [6, 6.07) is 0. The first-order valence-electron chi connectivity index (χ1n) is 25.2. The number of hydrogen-bond donors (Lipinski definition) is 6. The fourth-order valence-corrected chi connectivity index (χ4v) is 11.4. The molecule has 0 radical (unpaired) electrons. The predicted octanol–water partition coefficient (Wildman–Crippen LogP) is 6.39. The summed E-state index contributed by atoms with van der Waals surface area (Å²) >= 11 is 0. The smallest absolute Gasteiger partial charge is 0.326 e. The number of nitrogens with zero attached hydrogens (tertiary/aromatic N) is 1. The number of hydrogen-bond acceptors (Lipinski definition) is 14. The van der Waals surface area contributed by atoms with Crippen LogP contribution in [0.25, 0.3) is 0 Å². The lowest BCUT2D eigenvalue weighted by atomic mass is 9.78. The van der Waals surface area contributed by atoms with Crippen molar-refractivity contribution in [2.75, 3.05) is 35.0 Å². The molecule has 14 heteroatoms. The van der Waals surface area contributed by atoms with Crippen LogP contribution in [0.4, 0.5) is 0 Å². The first-order valence-corrected chi connectivity index (χ1v) is 25.2. The fourth-order valence-electron chi connectivity index (χ4n) is 11.4. The van der Waals surface area contributed by atoms with Crippen LogP contribution in [0.15, 0.2) is 47.6 Å². The molecular weight excluding hydrogens is 859 g/mol. The van der Waals surface area contributed by atoms with Crippen molar-refractivity contribution in [2.45, 2.75) is 211 Å². The van der Waals surface area contributed by atoms with Crippen LogP contribution in [-0.4, -0.2) is 155 Å². The summed E-state index contributed by atoms with van der Waals surface area (Å²) < 4.78 is 36.7. The lowest BCUT2D eigenvalue weighted by Crippen LogP contribution is -2.68. The van der Waals surface area contributed by atoms with Crippen molar-refractivity contribution in [3.63, 3.8) is 0 Å². The molecule has 6 N–H and O–H groups in total. The predicted molar refractivity (Wildman–Crippen MR) is 259 cm³/mol. The van der Waals surface area contributed by atoms with E-state index in [1.807, 2.05) is 58.9 Å². The molecule has 4 aliphatic rings. The molecule has 2 saturated heterocycles. The number of carbonyl (C=O) groups is 1. The standard InChI is InChI=1S/C53H91NO13/c1-32-18-14-13-15-19-33(2)43(62-9)30-40-22-20-38(7)53(65-12,67-40)49(59)50(60)54-25-17-16-24-52(54,8)51(61)66-44(35(4)28-39-21-23-41(55)45(29-39)63-10)31-42(56)34(3)27-37(6)47(58)48(64-11)46(57)36(5)26-32/h13-15,18-19,27,32,34-36,38-50,55-60H,16-17,20-26,28-31H2,1-12H3/b15-13+,18-14+,33-19+,37-27+/t32-,34+,35-,36?,38?,39?,40-,41-,42+,43+,44-,45?,46+,47?,48+,49+,50+,52+,53?/m1/s1. The number of aliphatic hydroxyl groups excluding tert-OH is 6. The van der Waals surface area contributed by atoms with Crippen molar-refractivity contribution in [3.05, 3.63) is 47.6 Å². The average molecular weight is 950 g/mol. The van der Waals surface area contributed by atoms with Gasteiger partial charge in [0.25, 0.3) is 0 Å². The van der Waals surface area contributed by atoms with Gasteiger partial charge < -0.3 is 59.1 Å². The normalized spacial score (nSPS) is 45.3. The number of ether oxygens (including phenoxy) is 6. The van der Waals surface area contributed by atoms with Crippen LogP contribution in [0, 0.1) is 35.5 Å². The minimum absolute atomic E-state index is 0.0862. The van der Waals surface area contributed by atoms with Crippen molar-refractivity contribution in [1.29, 1.82) is 0 Å². The van der Waals surface area contributed by atoms with Gasteiger partial charge in [-0.2, -0.15) is 0 Å². The van der Waals surface area contributed by atoms with E-state index in [1.54, 1.807) is 39.0 Å². The molecule has 0 aromatic rings. The van der Waals surface area contributed by atoms with Gasteiger partial charge in [0, 0.05) is 59.7 Å². The number of esters is 1. The molecule has 67 heavy (non-hydrogen) atoms. The third-order valence-electron chi connectivity index (χ3n) is 16.1. The molecule has 19 atom stereocenters.